The Hall–Kier alpha value is -2.88. The number of aromatic hydroxyl groups is 3. The number of hydrogen-bond acceptors (Lipinski definition) is 4. The van der Waals surface area contributed by atoms with E-state index in [4.69, 9.17) is 4.74 Å². The zero-order valence-corrected chi connectivity index (χ0v) is 11.9. The Bertz CT molecular complexity index is 777. The molecule has 3 N–H and O–H groups in total. The van der Waals surface area contributed by atoms with Crippen LogP contribution in [0, 0.1) is 0 Å². The molecule has 4 heteroatoms. The summed E-state index contributed by atoms with van der Waals surface area (Å²) < 4.78 is 5.78. The molecule has 0 bridgehead atoms. The fourth-order valence-corrected chi connectivity index (χ4v) is 2.71. The Morgan fingerprint density at radius 2 is 1.68 bits per heavy atom. The van der Waals surface area contributed by atoms with Crippen LogP contribution in [0.5, 0.6) is 23.0 Å². The van der Waals surface area contributed by atoms with Crippen molar-refractivity contribution in [2.75, 3.05) is 0 Å². The van der Waals surface area contributed by atoms with Gasteiger partial charge in [0.05, 0.1) is 0 Å². The highest BCUT2D eigenvalue weighted by Gasteiger charge is 2.28. The molecule has 0 aliphatic carbocycles. The summed E-state index contributed by atoms with van der Waals surface area (Å²) in [6.45, 7) is 7.41. The van der Waals surface area contributed by atoms with Crippen LogP contribution < -0.4 is 4.74 Å². The minimum absolute atomic E-state index is 0.0272. The number of benzene rings is 2. The number of fused-ring (bicyclic) bond motifs is 3. The molecule has 0 fully saturated rings. The summed E-state index contributed by atoms with van der Waals surface area (Å²) in [7, 11) is 0. The molecule has 0 radical (unpaired) electrons. The number of rotatable bonds is 3. The largest absolute Gasteiger partial charge is 0.504 e. The molecule has 2 aromatic carbocycles. The summed E-state index contributed by atoms with van der Waals surface area (Å²) in [6, 6.07) is 6.44. The van der Waals surface area contributed by atoms with Gasteiger partial charge in [-0.25, -0.2) is 0 Å². The molecular weight excluding hydrogens is 280 g/mol. The molecule has 1 aliphatic rings. The van der Waals surface area contributed by atoms with Crippen molar-refractivity contribution < 1.29 is 20.1 Å². The molecule has 0 amide bonds. The smallest absolute Gasteiger partial charge is 0.170 e. The van der Waals surface area contributed by atoms with Crippen molar-refractivity contribution in [2.24, 2.45) is 0 Å². The van der Waals surface area contributed by atoms with Crippen molar-refractivity contribution in [3.05, 3.63) is 60.7 Å². The van der Waals surface area contributed by atoms with Gasteiger partial charge in [0.2, 0.25) is 0 Å². The van der Waals surface area contributed by atoms with E-state index in [2.05, 4.69) is 13.2 Å². The lowest BCUT2D eigenvalue weighted by atomic mass is 9.90. The van der Waals surface area contributed by atoms with Crippen molar-refractivity contribution in [2.45, 2.75) is 12.5 Å². The molecule has 3 rings (SSSR count). The molecule has 22 heavy (non-hydrogen) atoms. The second-order valence-electron chi connectivity index (χ2n) is 5.19. The molecule has 0 saturated heterocycles. The Kier molecular flexibility index (Phi) is 3.29. The quantitative estimate of drug-likeness (QED) is 0.595. The Labute approximate surface area is 128 Å². The third-order valence-electron chi connectivity index (χ3n) is 3.71. The van der Waals surface area contributed by atoms with E-state index in [1.54, 1.807) is 18.2 Å². The molecule has 1 heterocycles. The summed E-state index contributed by atoms with van der Waals surface area (Å²) in [5, 5.41) is 29.8. The standard InChI is InChI=1S/C18H16O4/c1-3-5-10-6-13-11-8-14(19)15(20)9-12(11)17(4-2)22-18(13)16(21)7-10/h3-4,6-9,17,19-21H,1-2,5H2. The summed E-state index contributed by atoms with van der Waals surface area (Å²) in [5.41, 5.74) is 2.93. The predicted molar refractivity (Wildman–Crippen MR) is 84.3 cm³/mol. The van der Waals surface area contributed by atoms with E-state index in [0.717, 1.165) is 5.56 Å². The molecule has 1 unspecified atom stereocenters. The Morgan fingerprint density at radius 3 is 2.36 bits per heavy atom. The van der Waals surface area contributed by atoms with Gasteiger partial charge < -0.3 is 20.1 Å². The van der Waals surface area contributed by atoms with E-state index >= 15 is 0 Å². The van der Waals surface area contributed by atoms with E-state index in [-0.39, 0.29) is 17.2 Å². The second kappa shape index (κ2) is 5.15. The van der Waals surface area contributed by atoms with Crippen LogP contribution in [0.4, 0.5) is 0 Å². The summed E-state index contributed by atoms with van der Waals surface area (Å²) in [4.78, 5) is 0. The fraction of sp³-hybridized carbons (Fsp3) is 0.111. The average Bonchev–Trinajstić information content (AvgIpc) is 2.49. The first-order valence-corrected chi connectivity index (χ1v) is 6.87. The summed E-state index contributed by atoms with van der Waals surface area (Å²) in [6.07, 6.45) is 3.41. The minimum atomic E-state index is -0.509. The Morgan fingerprint density at radius 1 is 0.955 bits per heavy atom. The maximum atomic E-state index is 10.2. The minimum Gasteiger partial charge on any atom is -0.504 e. The zero-order chi connectivity index (χ0) is 15.9. The Balaban J connectivity index is 2.29. The lowest BCUT2D eigenvalue weighted by Crippen LogP contribution is -2.12. The van der Waals surface area contributed by atoms with Crippen molar-refractivity contribution in [3.63, 3.8) is 0 Å². The van der Waals surface area contributed by atoms with E-state index in [1.165, 1.54) is 12.1 Å². The third-order valence-corrected chi connectivity index (χ3v) is 3.71. The van der Waals surface area contributed by atoms with Crippen LogP contribution in [0.25, 0.3) is 11.1 Å². The lowest BCUT2D eigenvalue weighted by molar-refractivity contribution is 0.239. The van der Waals surface area contributed by atoms with Gasteiger partial charge in [-0.1, -0.05) is 12.7 Å². The molecule has 0 saturated carbocycles. The van der Waals surface area contributed by atoms with Gasteiger partial charge in [-0.15, -0.1) is 6.58 Å². The monoisotopic (exact) mass is 296 g/mol. The van der Waals surface area contributed by atoms with E-state index in [1.807, 2.05) is 6.07 Å². The maximum absolute atomic E-state index is 10.2. The van der Waals surface area contributed by atoms with Crippen LogP contribution in [0.15, 0.2) is 49.6 Å². The number of phenolic OH excluding ortho intramolecular Hbond substituents is 3. The number of ether oxygens (including phenoxy) is 1. The van der Waals surface area contributed by atoms with E-state index in [9.17, 15) is 15.3 Å². The lowest BCUT2D eigenvalue weighted by Gasteiger charge is -2.28. The zero-order valence-electron chi connectivity index (χ0n) is 11.9. The molecule has 112 valence electrons. The number of allylic oxidation sites excluding steroid dienone is 1. The third kappa shape index (κ3) is 2.09. The molecule has 0 aromatic heterocycles. The molecular formula is C18H16O4. The first kappa shape index (κ1) is 14.1. The van der Waals surface area contributed by atoms with Gasteiger partial charge in [0.15, 0.2) is 23.0 Å². The topological polar surface area (TPSA) is 69.9 Å². The van der Waals surface area contributed by atoms with E-state index < -0.39 is 6.10 Å². The number of phenols is 3. The normalized spacial score (nSPS) is 15.4. The maximum Gasteiger partial charge on any atom is 0.170 e. The van der Waals surface area contributed by atoms with Crippen molar-refractivity contribution in [1.82, 2.24) is 0 Å². The SMILES string of the molecule is C=CCc1cc(O)c2c(c1)-c1cc(O)c(O)cc1C(C=C)O2. The summed E-state index contributed by atoms with van der Waals surface area (Å²) in [5.74, 6) is -0.0677. The van der Waals surface area contributed by atoms with Gasteiger partial charge >= 0.3 is 0 Å². The van der Waals surface area contributed by atoms with Gasteiger partial charge in [-0.2, -0.15) is 0 Å². The van der Waals surface area contributed by atoms with Crippen LogP contribution >= 0.6 is 0 Å². The first-order valence-electron chi connectivity index (χ1n) is 6.87. The van der Waals surface area contributed by atoms with Crippen LogP contribution in [-0.2, 0) is 6.42 Å². The van der Waals surface area contributed by atoms with Crippen LogP contribution in [0.3, 0.4) is 0 Å². The van der Waals surface area contributed by atoms with Crippen molar-refractivity contribution >= 4 is 0 Å². The first-order chi connectivity index (χ1) is 10.5. The highest BCUT2D eigenvalue weighted by atomic mass is 16.5. The average molecular weight is 296 g/mol. The van der Waals surface area contributed by atoms with Crippen LogP contribution in [0.1, 0.15) is 17.2 Å². The molecule has 1 aliphatic heterocycles. The number of hydrogen-bond donors (Lipinski definition) is 3. The van der Waals surface area contributed by atoms with Crippen molar-refractivity contribution in [3.8, 4) is 34.1 Å². The molecule has 1 atom stereocenters. The van der Waals surface area contributed by atoms with E-state index in [0.29, 0.717) is 28.9 Å². The molecule has 2 aromatic rings. The van der Waals surface area contributed by atoms with Crippen molar-refractivity contribution in [1.29, 1.82) is 0 Å². The molecule has 0 spiro atoms. The summed E-state index contributed by atoms with van der Waals surface area (Å²) >= 11 is 0. The highest BCUT2D eigenvalue weighted by molar-refractivity contribution is 5.81. The van der Waals surface area contributed by atoms with Gasteiger partial charge in [0, 0.05) is 11.1 Å². The second-order valence-corrected chi connectivity index (χ2v) is 5.19. The fourth-order valence-electron chi connectivity index (χ4n) is 2.71. The van der Waals surface area contributed by atoms with Crippen LogP contribution in [-0.4, -0.2) is 15.3 Å². The van der Waals surface area contributed by atoms with Gasteiger partial charge in [0.25, 0.3) is 0 Å². The van der Waals surface area contributed by atoms with Gasteiger partial charge in [-0.05, 0) is 47.9 Å². The highest BCUT2D eigenvalue weighted by Crippen LogP contribution is 2.50. The van der Waals surface area contributed by atoms with Gasteiger partial charge in [0.1, 0.15) is 6.10 Å². The molecule has 4 nitrogen and oxygen atoms in total. The van der Waals surface area contributed by atoms with Gasteiger partial charge in [-0.3, -0.25) is 0 Å². The predicted octanol–water partition coefficient (Wildman–Crippen LogP) is 3.82. The van der Waals surface area contributed by atoms with Crippen LogP contribution in [0.2, 0.25) is 0 Å².